The second-order valence-electron chi connectivity index (χ2n) is 6.22. The van der Waals surface area contributed by atoms with Gasteiger partial charge in [-0.1, -0.05) is 11.6 Å². The van der Waals surface area contributed by atoms with Gasteiger partial charge in [-0.15, -0.1) is 0 Å². The summed E-state index contributed by atoms with van der Waals surface area (Å²) in [5.41, 5.74) is -1.15. The van der Waals surface area contributed by atoms with Gasteiger partial charge in [0.1, 0.15) is 0 Å². The summed E-state index contributed by atoms with van der Waals surface area (Å²) in [7, 11) is 0. The van der Waals surface area contributed by atoms with Crippen molar-refractivity contribution in [3.8, 4) is 0 Å². The predicted octanol–water partition coefficient (Wildman–Crippen LogP) is 5.33. The van der Waals surface area contributed by atoms with Crippen LogP contribution in [0.25, 0.3) is 0 Å². The van der Waals surface area contributed by atoms with Crippen LogP contribution in [0.3, 0.4) is 0 Å². The standard InChI is InChI=1S/C18H13ClF5NO2/c19-12-7-10(18(22,23)24)1-4-14(12)25-6-5-9(8-25)15-11(17(26)27)2-3-13(20)16(15)21/h1-4,7,9H,5-6,8H2,(H,26,27). The summed E-state index contributed by atoms with van der Waals surface area (Å²) in [6.45, 7) is 0.413. The number of halogens is 6. The van der Waals surface area contributed by atoms with Crippen LogP contribution in [0.1, 0.15) is 33.8 Å². The van der Waals surface area contributed by atoms with Gasteiger partial charge in [0.25, 0.3) is 0 Å². The molecule has 3 nitrogen and oxygen atoms in total. The zero-order valence-electron chi connectivity index (χ0n) is 13.7. The molecule has 0 amide bonds. The lowest BCUT2D eigenvalue weighted by atomic mass is 9.92. The largest absolute Gasteiger partial charge is 0.478 e. The van der Waals surface area contributed by atoms with Crippen LogP contribution in [0.5, 0.6) is 0 Å². The molecule has 0 aliphatic carbocycles. The van der Waals surface area contributed by atoms with Gasteiger partial charge >= 0.3 is 12.1 Å². The molecule has 1 aliphatic rings. The highest BCUT2D eigenvalue weighted by Gasteiger charge is 2.34. The van der Waals surface area contributed by atoms with Crippen LogP contribution in [0.15, 0.2) is 30.3 Å². The summed E-state index contributed by atoms with van der Waals surface area (Å²) in [6, 6.07) is 4.66. The number of carboxylic acid groups (broad SMARTS) is 1. The Hall–Kier alpha value is -2.35. The highest BCUT2D eigenvalue weighted by Crippen LogP contribution is 2.39. The summed E-state index contributed by atoms with van der Waals surface area (Å²) >= 11 is 5.98. The zero-order chi connectivity index (χ0) is 19.9. The summed E-state index contributed by atoms with van der Waals surface area (Å²) in [6.07, 6.45) is -4.23. The lowest BCUT2D eigenvalue weighted by Crippen LogP contribution is -2.21. The molecule has 1 aliphatic heterocycles. The molecule has 3 rings (SSSR count). The van der Waals surface area contributed by atoms with Crippen LogP contribution in [-0.2, 0) is 6.18 Å². The van der Waals surface area contributed by atoms with Crippen molar-refractivity contribution in [3.63, 3.8) is 0 Å². The molecule has 27 heavy (non-hydrogen) atoms. The molecule has 0 bridgehead atoms. The van der Waals surface area contributed by atoms with Gasteiger partial charge in [0.2, 0.25) is 0 Å². The van der Waals surface area contributed by atoms with E-state index in [0.29, 0.717) is 18.7 Å². The van der Waals surface area contributed by atoms with Crippen LogP contribution in [0, 0.1) is 11.6 Å². The number of anilines is 1. The van der Waals surface area contributed by atoms with E-state index in [1.165, 1.54) is 6.07 Å². The van der Waals surface area contributed by atoms with Crippen molar-refractivity contribution in [2.45, 2.75) is 18.5 Å². The van der Waals surface area contributed by atoms with Crippen molar-refractivity contribution in [1.29, 1.82) is 0 Å². The van der Waals surface area contributed by atoms with E-state index in [9.17, 15) is 31.9 Å². The second kappa shape index (κ2) is 6.99. The van der Waals surface area contributed by atoms with Gasteiger partial charge in [0.05, 0.1) is 21.8 Å². The smallest absolute Gasteiger partial charge is 0.416 e. The Kier molecular flexibility index (Phi) is 5.03. The Labute approximate surface area is 156 Å². The number of aromatic carboxylic acids is 1. The van der Waals surface area contributed by atoms with E-state index in [0.717, 1.165) is 24.3 Å². The minimum Gasteiger partial charge on any atom is -0.478 e. The summed E-state index contributed by atoms with van der Waals surface area (Å²) in [4.78, 5) is 13.0. The molecule has 2 aromatic rings. The average molecular weight is 406 g/mol. The third kappa shape index (κ3) is 3.71. The molecule has 9 heteroatoms. The molecule has 144 valence electrons. The third-order valence-corrected chi connectivity index (χ3v) is 4.88. The van der Waals surface area contributed by atoms with Crippen molar-refractivity contribution >= 4 is 23.3 Å². The quantitative estimate of drug-likeness (QED) is 0.702. The minimum atomic E-state index is -4.53. The Balaban J connectivity index is 1.91. The normalized spacial score (nSPS) is 17.4. The van der Waals surface area contributed by atoms with E-state index < -0.39 is 35.3 Å². The Bertz CT molecular complexity index is 900. The maximum atomic E-state index is 14.3. The van der Waals surface area contributed by atoms with Gasteiger partial charge in [0.15, 0.2) is 11.6 Å². The van der Waals surface area contributed by atoms with Crippen molar-refractivity contribution in [2.75, 3.05) is 18.0 Å². The van der Waals surface area contributed by atoms with Gasteiger partial charge in [-0.05, 0) is 36.8 Å². The predicted molar refractivity (Wildman–Crippen MR) is 89.3 cm³/mol. The number of hydrogen-bond acceptors (Lipinski definition) is 2. The number of nitrogens with zero attached hydrogens (tertiary/aromatic N) is 1. The minimum absolute atomic E-state index is 0.103. The van der Waals surface area contributed by atoms with Crippen molar-refractivity contribution in [1.82, 2.24) is 0 Å². The maximum absolute atomic E-state index is 14.3. The van der Waals surface area contributed by atoms with E-state index >= 15 is 0 Å². The molecule has 2 aromatic carbocycles. The van der Waals surface area contributed by atoms with Crippen molar-refractivity contribution < 1.29 is 31.9 Å². The second-order valence-corrected chi connectivity index (χ2v) is 6.63. The molecule has 1 saturated heterocycles. The SMILES string of the molecule is O=C(O)c1ccc(F)c(F)c1C1CCN(c2ccc(C(F)(F)F)cc2Cl)C1. The number of benzene rings is 2. The Morgan fingerprint density at radius 2 is 1.89 bits per heavy atom. The van der Waals surface area contributed by atoms with Crippen LogP contribution in [0.4, 0.5) is 27.6 Å². The molecule has 1 fully saturated rings. The van der Waals surface area contributed by atoms with Crippen LogP contribution < -0.4 is 4.90 Å². The number of carbonyl (C=O) groups is 1. The van der Waals surface area contributed by atoms with Gasteiger partial charge in [-0.2, -0.15) is 13.2 Å². The highest BCUT2D eigenvalue weighted by molar-refractivity contribution is 6.33. The lowest BCUT2D eigenvalue weighted by Gasteiger charge is -2.22. The molecule has 0 radical (unpaired) electrons. The van der Waals surface area contributed by atoms with E-state index in [1.807, 2.05) is 0 Å². The summed E-state index contributed by atoms with van der Waals surface area (Å²) in [5.74, 6) is -4.39. The van der Waals surface area contributed by atoms with Crippen molar-refractivity contribution in [3.05, 3.63) is 63.7 Å². The van der Waals surface area contributed by atoms with Gasteiger partial charge in [0, 0.05) is 24.6 Å². The molecule has 1 heterocycles. The van der Waals surface area contributed by atoms with E-state index in [-0.39, 0.29) is 22.7 Å². The van der Waals surface area contributed by atoms with E-state index in [1.54, 1.807) is 4.90 Å². The first kappa shape index (κ1) is 19.4. The first-order chi connectivity index (χ1) is 12.6. The van der Waals surface area contributed by atoms with Crippen molar-refractivity contribution in [2.24, 2.45) is 0 Å². The lowest BCUT2D eigenvalue weighted by molar-refractivity contribution is -0.137. The number of alkyl halides is 3. The molecule has 0 aromatic heterocycles. The molecular formula is C18H13ClF5NO2. The number of rotatable bonds is 3. The number of hydrogen-bond donors (Lipinski definition) is 1. The zero-order valence-corrected chi connectivity index (χ0v) is 14.4. The van der Waals surface area contributed by atoms with Gasteiger partial charge in [-0.3, -0.25) is 0 Å². The third-order valence-electron chi connectivity index (χ3n) is 4.58. The molecule has 1 N–H and O–H groups in total. The van der Waals surface area contributed by atoms with Gasteiger partial charge < -0.3 is 10.0 Å². The number of carboxylic acids is 1. The first-order valence-electron chi connectivity index (χ1n) is 7.92. The van der Waals surface area contributed by atoms with E-state index in [4.69, 9.17) is 11.6 Å². The fourth-order valence-electron chi connectivity index (χ4n) is 3.31. The van der Waals surface area contributed by atoms with Crippen LogP contribution >= 0.6 is 11.6 Å². The molecule has 0 saturated carbocycles. The van der Waals surface area contributed by atoms with Gasteiger partial charge in [-0.25, -0.2) is 13.6 Å². The molecule has 1 atom stereocenters. The average Bonchev–Trinajstić information content (AvgIpc) is 3.05. The summed E-state index contributed by atoms with van der Waals surface area (Å²) < 4.78 is 66.1. The topological polar surface area (TPSA) is 40.5 Å². The summed E-state index contributed by atoms with van der Waals surface area (Å²) in [5, 5.41) is 9.12. The molecular weight excluding hydrogens is 393 g/mol. The molecule has 0 spiro atoms. The highest BCUT2D eigenvalue weighted by atomic mass is 35.5. The maximum Gasteiger partial charge on any atom is 0.416 e. The van der Waals surface area contributed by atoms with Crippen LogP contribution in [-0.4, -0.2) is 24.2 Å². The Morgan fingerprint density at radius 1 is 1.19 bits per heavy atom. The fourth-order valence-corrected chi connectivity index (χ4v) is 3.61. The van der Waals surface area contributed by atoms with Crippen LogP contribution in [0.2, 0.25) is 5.02 Å². The Morgan fingerprint density at radius 3 is 2.48 bits per heavy atom. The molecule has 1 unspecified atom stereocenters. The first-order valence-corrected chi connectivity index (χ1v) is 8.30. The van der Waals surface area contributed by atoms with E-state index in [2.05, 4.69) is 0 Å². The fraction of sp³-hybridized carbons (Fsp3) is 0.278. The monoisotopic (exact) mass is 405 g/mol.